The Balaban J connectivity index is 2.00. The maximum atomic E-state index is 12.9. The second-order valence-corrected chi connectivity index (χ2v) is 7.62. The van der Waals surface area contributed by atoms with Crippen LogP contribution in [0.1, 0.15) is 60.7 Å². The van der Waals surface area contributed by atoms with Crippen molar-refractivity contribution >= 4 is 33.4 Å². The van der Waals surface area contributed by atoms with Crippen LogP contribution in [0.25, 0.3) is 11.0 Å². The summed E-state index contributed by atoms with van der Waals surface area (Å²) in [5.74, 6) is -0.0565. The number of anilines is 1. The minimum Gasteiger partial charge on any atom is -0.377 e. The number of nitrogens with zero attached hydrogens (tertiary/aromatic N) is 5. The normalized spacial score (nSPS) is 11.7. The second-order valence-electron chi connectivity index (χ2n) is 6.56. The van der Waals surface area contributed by atoms with Crippen molar-refractivity contribution < 1.29 is 9.53 Å². The number of carbonyl (C=O) groups is 1. The lowest BCUT2D eigenvalue weighted by Crippen LogP contribution is -2.14. The molecule has 3 heterocycles. The fourth-order valence-electron chi connectivity index (χ4n) is 2.55. The predicted octanol–water partition coefficient (Wildman–Crippen LogP) is 3.39. The summed E-state index contributed by atoms with van der Waals surface area (Å²) in [4.78, 5) is 17.6. The number of hydrogen-bond acceptors (Lipinski definition) is 7. The van der Waals surface area contributed by atoms with E-state index < -0.39 is 0 Å². The van der Waals surface area contributed by atoms with Crippen LogP contribution in [0, 0.1) is 0 Å². The molecule has 0 aliphatic rings. The van der Waals surface area contributed by atoms with Gasteiger partial charge in [0.05, 0.1) is 17.1 Å². The van der Waals surface area contributed by atoms with Crippen molar-refractivity contribution in [3.05, 3.63) is 28.5 Å². The topological polar surface area (TPSA) is 94.8 Å². The number of carbonyl (C=O) groups excluding carboxylic acids is 1. The van der Waals surface area contributed by atoms with Crippen molar-refractivity contribution in [3.63, 3.8) is 0 Å². The van der Waals surface area contributed by atoms with Gasteiger partial charge in [-0.1, -0.05) is 25.2 Å². The average molecular weight is 374 g/mol. The molecule has 0 aromatic carbocycles. The Hall–Kier alpha value is -2.39. The molecule has 1 N–H and O–H groups in total. The number of hydrogen-bond donors (Lipinski definition) is 1. The Labute approximate surface area is 155 Å². The van der Waals surface area contributed by atoms with E-state index in [9.17, 15) is 4.79 Å². The van der Waals surface area contributed by atoms with Crippen LogP contribution in [0.2, 0.25) is 0 Å². The van der Waals surface area contributed by atoms with Gasteiger partial charge in [-0.25, -0.2) is 9.67 Å². The maximum Gasteiger partial charge on any atom is 0.258 e. The average Bonchev–Trinajstić information content (AvgIpc) is 3.20. The monoisotopic (exact) mass is 374 g/mol. The molecule has 0 unspecified atom stereocenters. The van der Waals surface area contributed by atoms with Crippen LogP contribution in [0.15, 0.2) is 12.3 Å². The summed E-state index contributed by atoms with van der Waals surface area (Å²) >= 11 is 1.29. The molecular formula is C17H22N6O2S. The van der Waals surface area contributed by atoms with Crippen LogP contribution in [0.5, 0.6) is 0 Å². The first-order valence-electron chi connectivity index (χ1n) is 8.41. The van der Waals surface area contributed by atoms with E-state index in [4.69, 9.17) is 9.72 Å². The lowest BCUT2D eigenvalue weighted by Gasteiger charge is -2.11. The van der Waals surface area contributed by atoms with Gasteiger partial charge in [0.2, 0.25) is 5.13 Å². The number of aromatic nitrogens is 5. The number of amides is 1. The van der Waals surface area contributed by atoms with Crippen LogP contribution >= 0.6 is 11.3 Å². The van der Waals surface area contributed by atoms with Crippen LogP contribution in [-0.4, -0.2) is 38.0 Å². The van der Waals surface area contributed by atoms with Crippen LogP contribution in [-0.2, 0) is 11.3 Å². The number of ether oxygens (including phenoxy) is 1. The number of rotatable bonds is 6. The summed E-state index contributed by atoms with van der Waals surface area (Å²) in [6.07, 6.45) is 1.69. The predicted molar refractivity (Wildman–Crippen MR) is 101 cm³/mol. The lowest BCUT2D eigenvalue weighted by molar-refractivity contribution is 0.102. The highest BCUT2D eigenvalue weighted by molar-refractivity contribution is 7.15. The van der Waals surface area contributed by atoms with E-state index in [1.807, 2.05) is 38.4 Å². The molecule has 0 bridgehead atoms. The number of fused-ring (bicyclic) bond motifs is 1. The Morgan fingerprint density at radius 3 is 2.73 bits per heavy atom. The molecule has 0 saturated carbocycles. The molecule has 0 fully saturated rings. The van der Waals surface area contributed by atoms with Crippen LogP contribution in [0.4, 0.5) is 5.13 Å². The Bertz CT molecular complexity index is 931. The third-order valence-electron chi connectivity index (χ3n) is 3.87. The molecule has 0 aliphatic heterocycles. The third-order valence-corrected chi connectivity index (χ3v) is 4.68. The van der Waals surface area contributed by atoms with E-state index in [2.05, 4.69) is 20.6 Å². The summed E-state index contributed by atoms with van der Waals surface area (Å²) in [6.45, 7) is 8.54. The Kier molecular flexibility index (Phi) is 5.28. The van der Waals surface area contributed by atoms with Crippen molar-refractivity contribution in [2.24, 2.45) is 0 Å². The third kappa shape index (κ3) is 3.58. The summed E-state index contributed by atoms with van der Waals surface area (Å²) in [6, 6.07) is 1.98. The molecule has 0 spiro atoms. The minimum absolute atomic E-state index is 0.151. The summed E-state index contributed by atoms with van der Waals surface area (Å²) in [7, 11) is 1.59. The van der Waals surface area contributed by atoms with Crippen molar-refractivity contribution in [3.8, 4) is 0 Å². The molecule has 3 aromatic rings. The van der Waals surface area contributed by atoms with Gasteiger partial charge in [-0.15, -0.1) is 10.2 Å². The highest BCUT2D eigenvalue weighted by Gasteiger charge is 2.20. The van der Waals surface area contributed by atoms with E-state index >= 15 is 0 Å². The number of nitrogens with one attached hydrogen (secondary N) is 1. The smallest absolute Gasteiger partial charge is 0.258 e. The Morgan fingerprint density at radius 1 is 1.31 bits per heavy atom. The zero-order valence-corrected chi connectivity index (χ0v) is 16.3. The minimum atomic E-state index is -0.247. The molecule has 0 atom stereocenters. The summed E-state index contributed by atoms with van der Waals surface area (Å²) < 4.78 is 6.86. The molecule has 8 nitrogen and oxygen atoms in total. The second kappa shape index (κ2) is 7.46. The van der Waals surface area contributed by atoms with E-state index in [1.165, 1.54) is 11.3 Å². The molecule has 1 amide bonds. The van der Waals surface area contributed by atoms with Crippen LogP contribution in [0.3, 0.4) is 0 Å². The molecule has 0 saturated heterocycles. The number of methoxy groups -OCH3 is 1. The molecular weight excluding hydrogens is 352 g/mol. The number of pyridine rings is 1. The summed E-state index contributed by atoms with van der Waals surface area (Å²) in [5, 5.41) is 17.1. The first-order chi connectivity index (χ1) is 12.4. The molecule has 138 valence electrons. The largest absolute Gasteiger partial charge is 0.377 e. The van der Waals surface area contributed by atoms with Gasteiger partial charge in [-0.2, -0.15) is 5.10 Å². The van der Waals surface area contributed by atoms with E-state index in [1.54, 1.807) is 13.3 Å². The molecule has 0 aliphatic carbocycles. The molecule has 26 heavy (non-hydrogen) atoms. The molecule has 9 heteroatoms. The zero-order chi connectivity index (χ0) is 18.8. The quantitative estimate of drug-likeness (QED) is 0.711. The van der Waals surface area contributed by atoms with E-state index in [0.29, 0.717) is 28.0 Å². The highest BCUT2D eigenvalue weighted by atomic mass is 32.1. The summed E-state index contributed by atoms with van der Waals surface area (Å²) in [5.41, 5.74) is 2.10. The van der Waals surface area contributed by atoms with Crippen molar-refractivity contribution in [2.75, 3.05) is 12.4 Å². The molecule has 3 rings (SSSR count). The standard InChI is InChI=1S/C17H22N6O2S/c1-9(2)13-6-11(12-7-18-23(10(3)4)15(12)19-13)16(24)20-17-22-21-14(26-17)8-25-5/h6-7,9-10H,8H2,1-5H3,(H,20,22,24). The van der Waals surface area contributed by atoms with Gasteiger partial charge in [0.15, 0.2) is 5.65 Å². The van der Waals surface area contributed by atoms with Gasteiger partial charge in [0.1, 0.15) is 11.6 Å². The fourth-order valence-corrected chi connectivity index (χ4v) is 3.26. The highest BCUT2D eigenvalue weighted by Crippen LogP contribution is 2.25. The van der Waals surface area contributed by atoms with Gasteiger partial charge in [-0.3, -0.25) is 10.1 Å². The first kappa shape index (κ1) is 18.4. The van der Waals surface area contributed by atoms with Gasteiger partial charge in [0.25, 0.3) is 5.91 Å². The fraction of sp³-hybridized carbons (Fsp3) is 0.471. The Morgan fingerprint density at radius 2 is 2.08 bits per heavy atom. The van der Waals surface area contributed by atoms with Crippen LogP contribution < -0.4 is 5.32 Å². The molecule has 3 aromatic heterocycles. The lowest BCUT2D eigenvalue weighted by atomic mass is 10.0. The van der Waals surface area contributed by atoms with Gasteiger partial charge >= 0.3 is 0 Å². The van der Waals surface area contributed by atoms with Gasteiger partial charge in [-0.05, 0) is 25.8 Å². The SMILES string of the molecule is COCc1nnc(NC(=O)c2cc(C(C)C)nc3c2cnn3C(C)C)s1. The van der Waals surface area contributed by atoms with Crippen molar-refractivity contribution in [1.82, 2.24) is 25.0 Å². The van der Waals surface area contributed by atoms with E-state index in [0.717, 1.165) is 11.1 Å². The van der Waals surface area contributed by atoms with Gasteiger partial charge in [0, 0.05) is 18.8 Å². The van der Waals surface area contributed by atoms with Crippen molar-refractivity contribution in [1.29, 1.82) is 0 Å². The first-order valence-corrected chi connectivity index (χ1v) is 9.23. The molecule has 0 radical (unpaired) electrons. The van der Waals surface area contributed by atoms with Crippen molar-refractivity contribution in [2.45, 2.75) is 46.3 Å². The van der Waals surface area contributed by atoms with E-state index in [-0.39, 0.29) is 17.9 Å². The maximum absolute atomic E-state index is 12.9. The zero-order valence-electron chi connectivity index (χ0n) is 15.5. The van der Waals surface area contributed by atoms with Gasteiger partial charge < -0.3 is 4.74 Å².